The number of carbonyl (C=O) groups is 1. The van der Waals surface area contributed by atoms with E-state index in [1.165, 1.54) is 0 Å². The minimum absolute atomic E-state index is 0.128. The van der Waals surface area contributed by atoms with Gasteiger partial charge in [0.25, 0.3) is 0 Å². The van der Waals surface area contributed by atoms with Crippen molar-refractivity contribution in [2.75, 3.05) is 6.61 Å². The summed E-state index contributed by atoms with van der Waals surface area (Å²) in [5.41, 5.74) is 1.67. The van der Waals surface area contributed by atoms with Crippen LogP contribution in [0.2, 0.25) is 10.0 Å². The first kappa shape index (κ1) is 19.5. The average molecular weight is 355 g/mol. The Kier molecular flexibility index (Phi) is 8.10. The Balaban J connectivity index is 0.000000231. The lowest BCUT2D eigenvalue weighted by atomic mass is 10.0. The molecule has 23 heavy (non-hydrogen) atoms. The first-order valence-corrected chi connectivity index (χ1v) is 7.96. The third-order valence-electron chi connectivity index (χ3n) is 3.45. The predicted octanol–water partition coefficient (Wildman–Crippen LogP) is 4.96. The van der Waals surface area contributed by atoms with Crippen LogP contribution in [-0.4, -0.2) is 22.8 Å². The number of benzene rings is 2. The summed E-state index contributed by atoms with van der Waals surface area (Å²) in [4.78, 5) is 10.6. The number of aliphatic carboxylic acids is 1. The standard InChI is InChI=1S/C9H9ClO2.C9H11ClO/c1-6(9(11)12)7-4-2-3-5-8(7)10;1-7(6-11)8-4-2-3-5-9(8)10/h2-6H,1H3,(H,11,12);2-5,7,11H,6H2,1H3. The summed E-state index contributed by atoms with van der Waals surface area (Å²) < 4.78 is 0. The second-order valence-electron chi connectivity index (χ2n) is 5.19. The highest BCUT2D eigenvalue weighted by Gasteiger charge is 2.15. The lowest BCUT2D eigenvalue weighted by Crippen LogP contribution is -2.07. The zero-order valence-electron chi connectivity index (χ0n) is 13.0. The van der Waals surface area contributed by atoms with Gasteiger partial charge < -0.3 is 10.2 Å². The fraction of sp³-hybridized carbons (Fsp3) is 0.278. The number of halogens is 2. The third kappa shape index (κ3) is 5.87. The van der Waals surface area contributed by atoms with Crippen LogP contribution in [0.15, 0.2) is 48.5 Å². The second kappa shape index (κ2) is 9.56. The maximum absolute atomic E-state index is 10.6. The van der Waals surface area contributed by atoms with E-state index in [2.05, 4.69) is 0 Å². The molecule has 2 rings (SSSR count). The van der Waals surface area contributed by atoms with E-state index in [4.69, 9.17) is 33.4 Å². The van der Waals surface area contributed by atoms with Gasteiger partial charge in [-0.05, 0) is 30.2 Å². The lowest BCUT2D eigenvalue weighted by Gasteiger charge is -2.08. The van der Waals surface area contributed by atoms with Crippen LogP contribution in [-0.2, 0) is 4.79 Å². The van der Waals surface area contributed by atoms with Crippen molar-refractivity contribution in [3.05, 3.63) is 69.7 Å². The van der Waals surface area contributed by atoms with E-state index in [0.717, 1.165) is 10.6 Å². The Morgan fingerprint density at radius 1 is 0.957 bits per heavy atom. The fourth-order valence-corrected chi connectivity index (χ4v) is 2.55. The van der Waals surface area contributed by atoms with E-state index in [9.17, 15) is 4.79 Å². The van der Waals surface area contributed by atoms with E-state index < -0.39 is 11.9 Å². The van der Waals surface area contributed by atoms with Gasteiger partial charge in [0.1, 0.15) is 0 Å². The molecule has 0 amide bonds. The van der Waals surface area contributed by atoms with Crippen LogP contribution in [0.4, 0.5) is 0 Å². The number of carboxylic acids is 1. The number of hydrogen-bond donors (Lipinski definition) is 2. The Morgan fingerprint density at radius 2 is 1.39 bits per heavy atom. The maximum Gasteiger partial charge on any atom is 0.310 e. The average Bonchev–Trinajstić information content (AvgIpc) is 2.55. The zero-order valence-corrected chi connectivity index (χ0v) is 14.6. The SMILES string of the molecule is CC(C(=O)O)c1ccccc1Cl.CC(CO)c1ccccc1Cl. The largest absolute Gasteiger partial charge is 0.481 e. The first-order valence-electron chi connectivity index (χ1n) is 7.21. The van der Waals surface area contributed by atoms with Gasteiger partial charge in [0.15, 0.2) is 0 Å². The van der Waals surface area contributed by atoms with Gasteiger partial charge in [0.2, 0.25) is 0 Å². The van der Waals surface area contributed by atoms with Crippen molar-refractivity contribution >= 4 is 29.2 Å². The normalized spacial score (nSPS) is 12.7. The monoisotopic (exact) mass is 354 g/mol. The van der Waals surface area contributed by atoms with Gasteiger partial charge in [-0.1, -0.05) is 66.5 Å². The van der Waals surface area contributed by atoms with E-state index >= 15 is 0 Å². The molecule has 0 aliphatic carbocycles. The molecule has 0 heterocycles. The molecule has 3 nitrogen and oxygen atoms in total. The van der Waals surface area contributed by atoms with Crippen LogP contribution in [0.25, 0.3) is 0 Å². The Morgan fingerprint density at radius 3 is 1.78 bits per heavy atom. The summed E-state index contributed by atoms with van der Waals surface area (Å²) in [6.07, 6.45) is 0. The molecule has 0 aliphatic heterocycles. The van der Waals surface area contributed by atoms with Crippen molar-refractivity contribution < 1.29 is 15.0 Å². The summed E-state index contributed by atoms with van der Waals surface area (Å²) in [5.74, 6) is -1.27. The van der Waals surface area contributed by atoms with E-state index in [1.807, 2.05) is 31.2 Å². The van der Waals surface area contributed by atoms with E-state index in [-0.39, 0.29) is 12.5 Å². The third-order valence-corrected chi connectivity index (χ3v) is 4.14. The van der Waals surface area contributed by atoms with E-state index in [0.29, 0.717) is 10.6 Å². The second-order valence-corrected chi connectivity index (χ2v) is 6.00. The number of rotatable bonds is 4. The van der Waals surface area contributed by atoms with Crippen molar-refractivity contribution in [3.8, 4) is 0 Å². The van der Waals surface area contributed by atoms with Crippen LogP contribution in [0, 0.1) is 0 Å². The molecule has 0 aromatic heterocycles. The van der Waals surface area contributed by atoms with Gasteiger partial charge in [-0.2, -0.15) is 0 Å². The number of aliphatic hydroxyl groups is 1. The molecule has 0 fully saturated rings. The number of carboxylic acid groups (broad SMARTS) is 1. The fourth-order valence-electron chi connectivity index (χ4n) is 1.93. The van der Waals surface area contributed by atoms with E-state index in [1.54, 1.807) is 31.2 Å². The number of aliphatic hydroxyl groups excluding tert-OH is 1. The lowest BCUT2D eigenvalue weighted by molar-refractivity contribution is -0.138. The van der Waals surface area contributed by atoms with Crippen LogP contribution in [0.3, 0.4) is 0 Å². The van der Waals surface area contributed by atoms with Gasteiger partial charge in [-0.15, -0.1) is 0 Å². The van der Waals surface area contributed by atoms with Crippen molar-refractivity contribution in [1.29, 1.82) is 0 Å². The van der Waals surface area contributed by atoms with Crippen molar-refractivity contribution in [3.63, 3.8) is 0 Å². The van der Waals surface area contributed by atoms with Crippen LogP contribution in [0.5, 0.6) is 0 Å². The summed E-state index contributed by atoms with van der Waals surface area (Å²) in [6, 6.07) is 14.5. The molecule has 124 valence electrons. The maximum atomic E-state index is 10.6. The van der Waals surface area contributed by atoms with Crippen molar-refractivity contribution in [2.24, 2.45) is 0 Å². The molecule has 2 aromatic carbocycles. The molecule has 2 aromatic rings. The molecule has 0 bridgehead atoms. The summed E-state index contributed by atoms with van der Waals surface area (Å²) in [7, 11) is 0. The van der Waals surface area contributed by atoms with Gasteiger partial charge in [0, 0.05) is 22.6 Å². The molecule has 0 saturated heterocycles. The quantitative estimate of drug-likeness (QED) is 0.815. The topological polar surface area (TPSA) is 57.5 Å². The highest BCUT2D eigenvalue weighted by molar-refractivity contribution is 6.31. The Bertz CT molecular complexity index is 644. The molecular formula is C18H20Cl2O3. The Hall–Kier alpha value is -1.55. The minimum atomic E-state index is -0.858. The minimum Gasteiger partial charge on any atom is -0.481 e. The molecule has 0 aliphatic rings. The van der Waals surface area contributed by atoms with Crippen molar-refractivity contribution in [2.45, 2.75) is 25.7 Å². The summed E-state index contributed by atoms with van der Waals surface area (Å²) in [6.45, 7) is 3.70. The highest BCUT2D eigenvalue weighted by atomic mass is 35.5. The van der Waals surface area contributed by atoms with Gasteiger partial charge in [-0.25, -0.2) is 0 Å². The molecule has 5 heteroatoms. The molecule has 0 spiro atoms. The first-order chi connectivity index (χ1) is 10.9. The molecule has 2 atom stereocenters. The molecule has 2 unspecified atom stereocenters. The number of hydrogen-bond acceptors (Lipinski definition) is 2. The highest BCUT2D eigenvalue weighted by Crippen LogP contribution is 2.24. The molecule has 2 N–H and O–H groups in total. The smallest absolute Gasteiger partial charge is 0.310 e. The van der Waals surface area contributed by atoms with Crippen LogP contribution >= 0.6 is 23.2 Å². The summed E-state index contributed by atoms with van der Waals surface area (Å²) >= 11 is 11.7. The van der Waals surface area contributed by atoms with Gasteiger partial charge in [-0.3, -0.25) is 4.79 Å². The van der Waals surface area contributed by atoms with Crippen LogP contribution in [0.1, 0.15) is 36.8 Å². The molecule has 0 saturated carbocycles. The Labute approximate surface area is 146 Å². The zero-order chi connectivity index (χ0) is 17.4. The molecule has 0 radical (unpaired) electrons. The van der Waals surface area contributed by atoms with Crippen LogP contribution < -0.4 is 0 Å². The predicted molar refractivity (Wildman–Crippen MR) is 94.5 cm³/mol. The van der Waals surface area contributed by atoms with Crippen molar-refractivity contribution in [1.82, 2.24) is 0 Å². The summed E-state index contributed by atoms with van der Waals surface area (Å²) in [5, 5.41) is 18.8. The molecular weight excluding hydrogens is 335 g/mol. The van der Waals surface area contributed by atoms with Gasteiger partial charge in [0.05, 0.1) is 5.92 Å². The van der Waals surface area contributed by atoms with Gasteiger partial charge >= 0.3 is 5.97 Å².